The van der Waals surface area contributed by atoms with Crippen LogP contribution in [0.25, 0.3) is 11.3 Å². The van der Waals surface area contributed by atoms with Crippen molar-refractivity contribution in [3.63, 3.8) is 0 Å². The third-order valence-electron chi connectivity index (χ3n) is 4.22. The summed E-state index contributed by atoms with van der Waals surface area (Å²) in [6.07, 6.45) is 1.65. The van der Waals surface area contributed by atoms with Gasteiger partial charge in [-0.25, -0.2) is 18.1 Å². The third-order valence-corrected chi connectivity index (χ3v) is 5.71. The number of nitrogens with zero attached hydrogens (tertiary/aromatic N) is 1. The van der Waals surface area contributed by atoms with Gasteiger partial charge in [0.25, 0.3) is 5.91 Å². The van der Waals surface area contributed by atoms with Crippen molar-refractivity contribution < 1.29 is 18.0 Å². The van der Waals surface area contributed by atoms with Gasteiger partial charge < -0.3 is 5.32 Å². The van der Waals surface area contributed by atoms with Crippen LogP contribution in [0.15, 0.2) is 53.9 Å². The number of carbonyl (C=O) groups is 2. The minimum Gasteiger partial charge on any atom is -0.326 e. The quantitative estimate of drug-likeness (QED) is 0.479. The van der Waals surface area contributed by atoms with Crippen LogP contribution in [0.2, 0.25) is 0 Å². The predicted octanol–water partition coefficient (Wildman–Crippen LogP) is 3.11. The number of carbonyl (C=O) groups excluding carboxylic acids is 2. The highest BCUT2D eigenvalue weighted by atomic mass is 32.2. The Morgan fingerprint density at radius 1 is 1.00 bits per heavy atom. The van der Waals surface area contributed by atoms with Gasteiger partial charge in [0.15, 0.2) is 5.13 Å². The normalized spacial score (nSPS) is 11.2. The molecule has 0 aliphatic heterocycles. The molecule has 0 saturated heterocycles. The second kappa shape index (κ2) is 9.82. The smallest absolute Gasteiger partial charge is 0.257 e. The van der Waals surface area contributed by atoms with Crippen LogP contribution in [0, 0.1) is 0 Å². The highest BCUT2D eigenvalue weighted by Crippen LogP contribution is 2.26. The fourth-order valence-electron chi connectivity index (χ4n) is 2.76. The van der Waals surface area contributed by atoms with Crippen LogP contribution < -0.4 is 15.4 Å². The summed E-state index contributed by atoms with van der Waals surface area (Å²) in [5.41, 5.74) is 3.71. The van der Waals surface area contributed by atoms with Crippen LogP contribution in [0.5, 0.6) is 0 Å². The molecular formula is C21H22N4O4S2. The fourth-order valence-corrected chi connectivity index (χ4v) is 3.95. The van der Waals surface area contributed by atoms with E-state index in [1.807, 2.05) is 17.5 Å². The largest absolute Gasteiger partial charge is 0.326 e. The molecule has 2 aromatic carbocycles. The number of rotatable bonds is 8. The molecule has 0 aliphatic carbocycles. The first-order valence-corrected chi connectivity index (χ1v) is 12.2. The minimum atomic E-state index is -3.21. The first-order valence-electron chi connectivity index (χ1n) is 9.38. The third kappa shape index (κ3) is 6.99. The molecule has 3 N–H and O–H groups in total. The highest BCUT2D eigenvalue weighted by Gasteiger charge is 2.11. The highest BCUT2D eigenvalue weighted by molar-refractivity contribution is 7.88. The van der Waals surface area contributed by atoms with E-state index in [0.717, 1.165) is 23.1 Å². The fraction of sp³-hybridized carbons (Fsp3) is 0.190. The number of sulfonamides is 1. The maximum atomic E-state index is 12.5. The van der Waals surface area contributed by atoms with Crippen molar-refractivity contribution in [2.24, 2.45) is 0 Å². The molecule has 0 unspecified atom stereocenters. The molecule has 31 heavy (non-hydrogen) atoms. The first kappa shape index (κ1) is 22.6. The Morgan fingerprint density at radius 2 is 1.68 bits per heavy atom. The number of hydrogen-bond donors (Lipinski definition) is 3. The van der Waals surface area contributed by atoms with Crippen LogP contribution in [0.1, 0.15) is 22.8 Å². The minimum absolute atomic E-state index is 0.134. The molecule has 162 valence electrons. The molecule has 2 amide bonds. The van der Waals surface area contributed by atoms with Gasteiger partial charge in [-0.1, -0.05) is 24.3 Å². The van der Waals surface area contributed by atoms with Crippen LogP contribution >= 0.6 is 11.3 Å². The second-order valence-electron chi connectivity index (χ2n) is 6.86. The van der Waals surface area contributed by atoms with E-state index in [4.69, 9.17) is 0 Å². The molecule has 1 aromatic heterocycles. The lowest BCUT2D eigenvalue weighted by atomic mass is 10.1. The molecule has 3 aromatic rings. The SMILES string of the molecule is CC(=O)Nc1ccc(-c2csc(NC(=O)c3ccc(CCNS(C)(=O)=O)cc3)n2)cc1. The number of benzene rings is 2. The standard InChI is InChI=1S/C21H22N4O4S2/c1-14(26)23-18-9-7-16(8-10-18)19-13-30-21(24-19)25-20(27)17-5-3-15(4-6-17)11-12-22-31(2,28)29/h3-10,13,22H,11-12H2,1-2H3,(H,23,26)(H,24,25,27). The second-order valence-corrected chi connectivity index (χ2v) is 9.56. The predicted molar refractivity (Wildman–Crippen MR) is 123 cm³/mol. The van der Waals surface area contributed by atoms with Gasteiger partial charge in [0, 0.05) is 35.7 Å². The zero-order valence-corrected chi connectivity index (χ0v) is 18.6. The van der Waals surface area contributed by atoms with E-state index >= 15 is 0 Å². The van der Waals surface area contributed by atoms with Gasteiger partial charge in [-0.15, -0.1) is 11.3 Å². The summed E-state index contributed by atoms with van der Waals surface area (Å²) in [6.45, 7) is 1.76. The van der Waals surface area contributed by atoms with E-state index in [2.05, 4.69) is 20.3 Å². The average molecular weight is 459 g/mol. The molecule has 3 rings (SSSR count). The van der Waals surface area contributed by atoms with Crippen molar-refractivity contribution in [1.82, 2.24) is 9.71 Å². The first-order chi connectivity index (χ1) is 14.7. The molecule has 0 radical (unpaired) electrons. The van der Waals surface area contributed by atoms with E-state index in [0.29, 0.717) is 29.3 Å². The van der Waals surface area contributed by atoms with Crippen LogP contribution in [0.3, 0.4) is 0 Å². The van der Waals surface area contributed by atoms with E-state index in [1.54, 1.807) is 36.4 Å². The van der Waals surface area contributed by atoms with Crippen molar-refractivity contribution in [3.05, 3.63) is 65.0 Å². The Bertz CT molecular complexity index is 1170. The lowest BCUT2D eigenvalue weighted by Gasteiger charge is -2.05. The Labute approximate surface area is 184 Å². The van der Waals surface area contributed by atoms with Gasteiger partial charge >= 0.3 is 0 Å². The molecule has 0 atom stereocenters. The molecule has 8 nitrogen and oxygen atoms in total. The van der Waals surface area contributed by atoms with Crippen molar-refractivity contribution in [1.29, 1.82) is 0 Å². The van der Waals surface area contributed by atoms with Crippen LogP contribution in [-0.2, 0) is 21.2 Å². The number of amides is 2. The van der Waals surface area contributed by atoms with Crippen molar-refractivity contribution >= 4 is 44.0 Å². The summed E-state index contributed by atoms with van der Waals surface area (Å²) in [7, 11) is -3.21. The molecular weight excluding hydrogens is 436 g/mol. The summed E-state index contributed by atoms with van der Waals surface area (Å²) in [5.74, 6) is -0.410. The van der Waals surface area contributed by atoms with Crippen LogP contribution in [0.4, 0.5) is 10.8 Å². The molecule has 0 bridgehead atoms. The Balaban J connectivity index is 1.58. The maximum absolute atomic E-state index is 12.5. The monoisotopic (exact) mass is 458 g/mol. The van der Waals surface area contributed by atoms with E-state index in [-0.39, 0.29) is 11.8 Å². The van der Waals surface area contributed by atoms with E-state index in [1.165, 1.54) is 18.3 Å². The lowest BCUT2D eigenvalue weighted by Crippen LogP contribution is -2.24. The van der Waals surface area contributed by atoms with Gasteiger partial charge in [-0.2, -0.15) is 0 Å². The number of aromatic nitrogens is 1. The topological polar surface area (TPSA) is 117 Å². The zero-order valence-electron chi connectivity index (χ0n) is 17.0. The Hall–Kier alpha value is -3.08. The molecule has 0 saturated carbocycles. The van der Waals surface area contributed by atoms with Crippen molar-refractivity contribution in [2.45, 2.75) is 13.3 Å². The summed E-state index contributed by atoms with van der Waals surface area (Å²) in [5, 5.41) is 7.83. The molecule has 10 heteroatoms. The molecule has 0 aliphatic rings. The number of hydrogen-bond acceptors (Lipinski definition) is 6. The number of thiazole rings is 1. The van der Waals surface area contributed by atoms with Crippen molar-refractivity contribution in [3.8, 4) is 11.3 Å². The maximum Gasteiger partial charge on any atom is 0.257 e. The van der Waals surface area contributed by atoms with Gasteiger partial charge in [0.2, 0.25) is 15.9 Å². The van der Waals surface area contributed by atoms with E-state index < -0.39 is 10.0 Å². The van der Waals surface area contributed by atoms with Gasteiger partial charge in [-0.3, -0.25) is 14.9 Å². The van der Waals surface area contributed by atoms with Gasteiger partial charge in [-0.05, 0) is 36.2 Å². The lowest BCUT2D eigenvalue weighted by molar-refractivity contribution is -0.114. The molecule has 1 heterocycles. The Kier molecular flexibility index (Phi) is 7.16. The summed E-state index contributed by atoms with van der Waals surface area (Å²) in [6, 6.07) is 14.3. The summed E-state index contributed by atoms with van der Waals surface area (Å²) in [4.78, 5) is 28.0. The summed E-state index contributed by atoms with van der Waals surface area (Å²) >= 11 is 1.32. The zero-order chi connectivity index (χ0) is 22.4. The van der Waals surface area contributed by atoms with Gasteiger partial charge in [0.05, 0.1) is 11.9 Å². The Morgan fingerprint density at radius 3 is 2.29 bits per heavy atom. The number of anilines is 2. The van der Waals surface area contributed by atoms with Gasteiger partial charge in [0.1, 0.15) is 0 Å². The van der Waals surface area contributed by atoms with E-state index in [9.17, 15) is 18.0 Å². The van der Waals surface area contributed by atoms with Crippen LogP contribution in [-0.4, -0.2) is 38.0 Å². The number of nitrogens with one attached hydrogen (secondary N) is 3. The average Bonchev–Trinajstić information content (AvgIpc) is 3.16. The summed E-state index contributed by atoms with van der Waals surface area (Å²) < 4.78 is 24.6. The van der Waals surface area contributed by atoms with Crippen molar-refractivity contribution in [2.75, 3.05) is 23.4 Å². The molecule has 0 spiro atoms. The molecule has 0 fully saturated rings.